The van der Waals surface area contributed by atoms with Crippen LogP contribution < -0.4 is 14.9 Å². The fraction of sp³-hybridized carbons (Fsp3) is 0.231. The number of aryl methyl sites for hydroxylation is 1. The number of hydrazone groups is 1. The second-order valence-corrected chi connectivity index (χ2v) is 9.53. The summed E-state index contributed by atoms with van der Waals surface area (Å²) in [5, 5.41) is 4.00. The number of hydrogen-bond donors (Lipinski definition) is 2. The molecule has 0 aliphatic rings. The highest BCUT2D eigenvalue weighted by Crippen LogP contribution is 2.21. The molecule has 1 amide bonds. The summed E-state index contributed by atoms with van der Waals surface area (Å²) in [7, 11) is -3.82. The van der Waals surface area contributed by atoms with Crippen molar-refractivity contribution in [3.05, 3.63) is 95.6 Å². The van der Waals surface area contributed by atoms with Gasteiger partial charge in [-0.15, -0.1) is 0 Å². The van der Waals surface area contributed by atoms with E-state index in [2.05, 4.69) is 15.2 Å². The number of sulfonamides is 1. The van der Waals surface area contributed by atoms with Crippen molar-refractivity contribution in [3.63, 3.8) is 0 Å². The van der Waals surface area contributed by atoms with Gasteiger partial charge in [-0.3, -0.25) is 4.79 Å². The van der Waals surface area contributed by atoms with Gasteiger partial charge in [0.2, 0.25) is 15.9 Å². The molecule has 0 aliphatic heterocycles. The molecule has 2 N–H and O–H groups in total. The lowest BCUT2D eigenvalue weighted by molar-refractivity contribution is -0.121. The maximum absolute atomic E-state index is 12.9. The van der Waals surface area contributed by atoms with Crippen molar-refractivity contribution in [3.8, 4) is 5.75 Å². The van der Waals surface area contributed by atoms with Gasteiger partial charge in [-0.25, -0.2) is 18.6 Å². The third-order valence-corrected chi connectivity index (χ3v) is 6.46. The van der Waals surface area contributed by atoms with Gasteiger partial charge in [0.05, 0.1) is 23.8 Å². The van der Waals surface area contributed by atoms with Crippen molar-refractivity contribution in [1.29, 1.82) is 0 Å². The molecule has 0 unspecified atom stereocenters. The lowest BCUT2D eigenvalue weighted by atomic mass is 10.0. The molecule has 3 rings (SSSR count). The van der Waals surface area contributed by atoms with E-state index in [-0.39, 0.29) is 11.3 Å². The quantitative estimate of drug-likeness (QED) is 0.316. The van der Waals surface area contributed by atoms with Crippen LogP contribution in [0.25, 0.3) is 0 Å². The first-order chi connectivity index (χ1) is 16.4. The molecule has 3 aromatic rings. The molecule has 7 nitrogen and oxygen atoms in total. The van der Waals surface area contributed by atoms with Crippen LogP contribution in [0, 0.1) is 6.92 Å². The van der Waals surface area contributed by atoms with Crippen molar-refractivity contribution >= 4 is 22.1 Å². The molecule has 0 saturated heterocycles. The Morgan fingerprint density at radius 3 is 2.32 bits per heavy atom. The molecule has 34 heavy (non-hydrogen) atoms. The van der Waals surface area contributed by atoms with E-state index in [0.717, 1.165) is 23.3 Å². The SMILES string of the molecule is CCCOc1ccc(/C=N\NC(=O)C[C@H](NS(=O)(=O)c2ccc(C)cc2)c2ccccc2)cc1. The highest BCUT2D eigenvalue weighted by atomic mass is 32.2. The van der Waals surface area contributed by atoms with E-state index < -0.39 is 22.0 Å². The standard InChI is InChI=1S/C26H29N3O4S/c1-3-17-33-23-13-11-21(12-14-23)19-27-28-26(30)18-25(22-7-5-4-6-8-22)29-34(31,32)24-15-9-20(2)10-16-24/h4-16,19,25,29H,3,17-18H2,1-2H3,(H,28,30)/b27-19-/t25-/m0/s1. The number of hydrogen-bond acceptors (Lipinski definition) is 5. The predicted octanol–water partition coefficient (Wildman–Crippen LogP) is 4.34. The minimum absolute atomic E-state index is 0.115. The fourth-order valence-electron chi connectivity index (χ4n) is 3.17. The van der Waals surface area contributed by atoms with E-state index in [9.17, 15) is 13.2 Å². The molecule has 0 spiro atoms. The summed E-state index contributed by atoms with van der Waals surface area (Å²) in [5.41, 5.74) is 4.91. The van der Waals surface area contributed by atoms with Gasteiger partial charge in [0, 0.05) is 6.42 Å². The third kappa shape index (κ3) is 7.54. The first-order valence-corrected chi connectivity index (χ1v) is 12.5. The van der Waals surface area contributed by atoms with Gasteiger partial charge in [0.1, 0.15) is 5.75 Å². The molecule has 8 heteroatoms. The van der Waals surface area contributed by atoms with Crippen LogP contribution in [0.2, 0.25) is 0 Å². The van der Waals surface area contributed by atoms with Gasteiger partial charge in [0.25, 0.3) is 0 Å². The Morgan fingerprint density at radius 2 is 1.68 bits per heavy atom. The number of amides is 1. The zero-order valence-electron chi connectivity index (χ0n) is 19.3. The summed E-state index contributed by atoms with van der Waals surface area (Å²) >= 11 is 0. The van der Waals surface area contributed by atoms with Crippen LogP contribution in [0.3, 0.4) is 0 Å². The van der Waals surface area contributed by atoms with E-state index in [4.69, 9.17) is 4.74 Å². The van der Waals surface area contributed by atoms with Crippen LogP contribution in [-0.2, 0) is 14.8 Å². The summed E-state index contributed by atoms with van der Waals surface area (Å²) in [6.07, 6.45) is 2.34. The average Bonchev–Trinajstić information content (AvgIpc) is 2.84. The van der Waals surface area contributed by atoms with Crippen molar-refractivity contribution in [2.45, 2.75) is 37.6 Å². The zero-order valence-corrected chi connectivity index (χ0v) is 20.1. The molecule has 1 atom stereocenters. The largest absolute Gasteiger partial charge is 0.494 e. The average molecular weight is 480 g/mol. The van der Waals surface area contributed by atoms with Crippen molar-refractivity contribution in [2.75, 3.05) is 6.61 Å². The first kappa shape index (κ1) is 25.1. The van der Waals surface area contributed by atoms with Crippen LogP contribution in [0.4, 0.5) is 0 Å². The fourth-order valence-corrected chi connectivity index (χ4v) is 4.39. The number of ether oxygens (including phenoxy) is 1. The third-order valence-electron chi connectivity index (χ3n) is 4.98. The maximum atomic E-state index is 12.9. The van der Waals surface area contributed by atoms with Crippen LogP contribution in [0.15, 0.2) is 88.9 Å². The van der Waals surface area contributed by atoms with Gasteiger partial charge in [-0.1, -0.05) is 55.0 Å². The molecule has 0 saturated carbocycles. The van der Waals surface area contributed by atoms with Crippen molar-refractivity contribution in [2.24, 2.45) is 5.10 Å². The molecular weight excluding hydrogens is 450 g/mol. The molecule has 0 heterocycles. The normalized spacial score (nSPS) is 12.4. The monoisotopic (exact) mass is 479 g/mol. The molecule has 3 aromatic carbocycles. The van der Waals surface area contributed by atoms with E-state index in [0.29, 0.717) is 12.2 Å². The topological polar surface area (TPSA) is 96.9 Å². The molecule has 0 bridgehead atoms. The number of carbonyl (C=O) groups excluding carboxylic acids is 1. The number of rotatable bonds is 11. The van der Waals surface area contributed by atoms with E-state index in [1.54, 1.807) is 48.5 Å². The van der Waals surface area contributed by atoms with Gasteiger partial charge in [-0.05, 0) is 60.9 Å². The Kier molecular flexibility index (Phi) is 8.95. The minimum Gasteiger partial charge on any atom is -0.494 e. The van der Waals surface area contributed by atoms with E-state index in [1.807, 2.05) is 44.2 Å². The zero-order chi connectivity index (χ0) is 24.4. The molecule has 0 aromatic heterocycles. The molecule has 0 aliphatic carbocycles. The summed E-state index contributed by atoms with van der Waals surface area (Å²) in [4.78, 5) is 12.7. The molecule has 0 fully saturated rings. The van der Waals surface area contributed by atoms with Crippen molar-refractivity contribution in [1.82, 2.24) is 10.1 Å². The Balaban J connectivity index is 1.66. The summed E-state index contributed by atoms with van der Waals surface area (Å²) in [5.74, 6) is 0.356. The van der Waals surface area contributed by atoms with Gasteiger partial charge < -0.3 is 4.74 Å². The lowest BCUT2D eigenvalue weighted by Gasteiger charge is -2.18. The summed E-state index contributed by atoms with van der Waals surface area (Å²) in [6, 6.07) is 22.1. The summed E-state index contributed by atoms with van der Waals surface area (Å²) < 4.78 is 34.0. The van der Waals surface area contributed by atoms with Gasteiger partial charge in [0.15, 0.2) is 0 Å². The Morgan fingerprint density at radius 1 is 1.00 bits per heavy atom. The van der Waals surface area contributed by atoms with Crippen LogP contribution in [0.1, 0.15) is 42.5 Å². The first-order valence-electron chi connectivity index (χ1n) is 11.1. The Hall–Kier alpha value is -3.49. The Labute approximate surface area is 200 Å². The highest BCUT2D eigenvalue weighted by Gasteiger charge is 2.23. The smallest absolute Gasteiger partial charge is 0.242 e. The number of nitrogens with one attached hydrogen (secondary N) is 2. The van der Waals surface area contributed by atoms with Crippen LogP contribution >= 0.6 is 0 Å². The van der Waals surface area contributed by atoms with E-state index >= 15 is 0 Å². The van der Waals surface area contributed by atoms with Crippen molar-refractivity contribution < 1.29 is 17.9 Å². The van der Waals surface area contributed by atoms with Gasteiger partial charge in [-0.2, -0.15) is 5.10 Å². The van der Waals surface area contributed by atoms with Crippen LogP contribution in [0.5, 0.6) is 5.75 Å². The number of nitrogens with zero attached hydrogens (tertiary/aromatic N) is 1. The maximum Gasteiger partial charge on any atom is 0.242 e. The highest BCUT2D eigenvalue weighted by molar-refractivity contribution is 7.89. The second-order valence-electron chi connectivity index (χ2n) is 7.81. The lowest BCUT2D eigenvalue weighted by Crippen LogP contribution is -2.32. The summed E-state index contributed by atoms with van der Waals surface area (Å²) in [6.45, 7) is 4.58. The van der Waals surface area contributed by atoms with Gasteiger partial charge >= 0.3 is 0 Å². The second kappa shape index (κ2) is 12.1. The minimum atomic E-state index is -3.82. The van der Waals surface area contributed by atoms with Crippen LogP contribution in [-0.4, -0.2) is 27.1 Å². The Bertz CT molecular complexity index is 1190. The number of carbonyl (C=O) groups is 1. The number of benzene rings is 3. The van der Waals surface area contributed by atoms with E-state index in [1.165, 1.54) is 6.21 Å². The predicted molar refractivity (Wildman–Crippen MR) is 133 cm³/mol. The molecule has 178 valence electrons. The molecule has 0 radical (unpaired) electrons. The molecular formula is C26H29N3O4S.